The summed E-state index contributed by atoms with van der Waals surface area (Å²) in [6.45, 7) is 10.1. The maximum absolute atomic E-state index is 10.3. The second-order valence-corrected chi connectivity index (χ2v) is 7.43. The van der Waals surface area contributed by atoms with E-state index < -0.39 is 0 Å². The van der Waals surface area contributed by atoms with Crippen LogP contribution < -0.4 is 5.32 Å². The maximum Gasteiger partial charge on any atom is 0.0578 e. The quantitative estimate of drug-likeness (QED) is 0.786. The zero-order valence-corrected chi connectivity index (χ0v) is 13.6. The summed E-state index contributed by atoms with van der Waals surface area (Å²) in [4.78, 5) is 2.57. The van der Waals surface area contributed by atoms with Crippen LogP contribution in [0.4, 0.5) is 0 Å². The largest absolute Gasteiger partial charge is 0.393 e. The van der Waals surface area contributed by atoms with Gasteiger partial charge < -0.3 is 15.3 Å². The Bertz CT molecular complexity index is 276. The second kappa shape index (κ2) is 7.77. The fraction of sp³-hybridized carbons (Fsp3) is 1.00. The van der Waals surface area contributed by atoms with Crippen LogP contribution in [0, 0.1) is 11.8 Å². The van der Waals surface area contributed by atoms with Gasteiger partial charge in [0.05, 0.1) is 6.10 Å². The Morgan fingerprint density at radius 3 is 2.45 bits per heavy atom. The summed E-state index contributed by atoms with van der Waals surface area (Å²) in [7, 11) is 0. The smallest absolute Gasteiger partial charge is 0.0578 e. The summed E-state index contributed by atoms with van der Waals surface area (Å²) in [5.41, 5.74) is 0. The van der Waals surface area contributed by atoms with Crippen molar-refractivity contribution in [2.75, 3.05) is 19.6 Å². The number of piperidine rings is 1. The molecule has 3 atom stereocenters. The van der Waals surface area contributed by atoms with Crippen LogP contribution in [-0.4, -0.2) is 47.8 Å². The summed E-state index contributed by atoms with van der Waals surface area (Å²) in [6.07, 6.45) is 7.39. The average molecular weight is 282 g/mol. The predicted octanol–water partition coefficient (Wildman–Crippen LogP) is 2.64. The summed E-state index contributed by atoms with van der Waals surface area (Å²) in [5.74, 6) is 1.16. The zero-order chi connectivity index (χ0) is 14.5. The number of hydrogen-bond donors (Lipinski definition) is 2. The first-order valence-electron chi connectivity index (χ1n) is 8.75. The van der Waals surface area contributed by atoms with Gasteiger partial charge in [-0.15, -0.1) is 0 Å². The van der Waals surface area contributed by atoms with Gasteiger partial charge in [0.15, 0.2) is 0 Å². The van der Waals surface area contributed by atoms with Crippen LogP contribution in [-0.2, 0) is 0 Å². The van der Waals surface area contributed by atoms with E-state index in [1.54, 1.807) is 0 Å². The number of likely N-dealkylation sites (tertiary alicyclic amines) is 1. The molecule has 3 unspecified atom stereocenters. The highest BCUT2D eigenvalue weighted by Gasteiger charge is 2.32. The van der Waals surface area contributed by atoms with Crippen LogP contribution in [0.15, 0.2) is 0 Å². The SMILES string of the molecule is CCC(O)C1CC(NC2CCCC2)CN(CC(C)C)C1. The van der Waals surface area contributed by atoms with Crippen molar-refractivity contribution in [3.8, 4) is 0 Å². The first-order valence-corrected chi connectivity index (χ1v) is 8.75. The number of hydrogen-bond acceptors (Lipinski definition) is 3. The highest BCUT2D eigenvalue weighted by atomic mass is 16.3. The molecule has 0 aromatic rings. The molecule has 0 radical (unpaired) electrons. The number of nitrogens with one attached hydrogen (secondary N) is 1. The van der Waals surface area contributed by atoms with E-state index in [1.165, 1.54) is 32.2 Å². The van der Waals surface area contributed by atoms with Crippen molar-refractivity contribution in [2.24, 2.45) is 11.8 Å². The lowest BCUT2D eigenvalue weighted by atomic mass is 9.87. The predicted molar refractivity (Wildman–Crippen MR) is 84.9 cm³/mol. The molecule has 2 aliphatic rings. The molecular weight excluding hydrogens is 248 g/mol. The monoisotopic (exact) mass is 282 g/mol. The van der Waals surface area contributed by atoms with Crippen LogP contribution in [0.3, 0.4) is 0 Å². The van der Waals surface area contributed by atoms with Gasteiger partial charge in [0.2, 0.25) is 0 Å². The Balaban J connectivity index is 1.91. The van der Waals surface area contributed by atoms with Crippen LogP contribution in [0.5, 0.6) is 0 Å². The third-order valence-electron chi connectivity index (χ3n) is 4.97. The molecule has 3 nitrogen and oxygen atoms in total. The van der Waals surface area contributed by atoms with Crippen LogP contribution in [0.2, 0.25) is 0 Å². The lowest BCUT2D eigenvalue weighted by molar-refractivity contribution is 0.0299. The fourth-order valence-electron chi connectivity index (χ4n) is 4.06. The normalized spacial score (nSPS) is 31.1. The lowest BCUT2D eigenvalue weighted by Crippen LogP contribution is -2.54. The fourth-order valence-corrected chi connectivity index (χ4v) is 4.06. The molecule has 1 saturated heterocycles. The molecule has 1 aliphatic carbocycles. The van der Waals surface area contributed by atoms with Crippen LogP contribution in [0.1, 0.15) is 59.3 Å². The maximum atomic E-state index is 10.3. The lowest BCUT2D eigenvalue weighted by Gasteiger charge is -2.41. The zero-order valence-electron chi connectivity index (χ0n) is 13.6. The molecule has 0 aromatic heterocycles. The van der Waals surface area contributed by atoms with Gasteiger partial charge in [0.25, 0.3) is 0 Å². The minimum absolute atomic E-state index is 0.127. The second-order valence-electron chi connectivity index (χ2n) is 7.43. The minimum atomic E-state index is -0.127. The number of aliphatic hydroxyl groups excluding tert-OH is 1. The molecule has 2 fully saturated rings. The Labute approximate surface area is 125 Å². The Kier molecular flexibility index (Phi) is 6.31. The Morgan fingerprint density at radius 1 is 1.15 bits per heavy atom. The van der Waals surface area contributed by atoms with Gasteiger partial charge in [-0.3, -0.25) is 0 Å². The molecule has 2 N–H and O–H groups in total. The van der Waals surface area contributed by atoms with Gasteiger partial charge in [0, 0.05) is 31.7 Å². The first kappa shape index (κ1) is 16.3. The topological polar surface area (TPSA) is 35.5 Å². The third-order valence-corrected chi connectivity index (χ3v) is 4.97. The molecule has 118 valence electrons. The van der Waals surface area contributed by atoms with E-state index in [1.807, 2.05) is 0 Å². The van der Waals surface area contributed by atoms with E-state index >= 15 is 0 Å². The van der Waals surface area contributed by atoms with Crippen molar-refractivity contribution in [3.63, 3.8) is 0 Å². The number of rotatable bonds is 6. The summed E-state index contributed by atoms with van der Waals surface area (Å²) < 4.78 is 0. The molecule has 1 saturated carbocycles. The van der Waals surface area contributed by atoms with Gasteiger partial charge in [-0.2, -0.15) is 0 Å². The first-order chi connectivity index (χ1) is 9.58. The van der Waals surface area contributed by atoms with Crippen molar-refractivity contribution in [1.29, 1.82) is 0 Å². The summed E-state index contributed by atoms with van der Waals surface area (Å²) >= 11 is 0. The van der Waals surface area contributed by atoms with Crippen molar-refractivity contribution >= 4 is 0 Å². The van der Waals surface area contributed by atoms with Gasteiger partial charge in [0.1, 0.15) is 0 Å². The minimum Gasteiger partial charge on any atom is -0.393 e. The highest BCUT2D eigenvalue weighted by Crippen LogP contribution is 2.25. The molecule has 0 spiro atoms. The van der Waals surface area contributed by atoms with E-state index in [0.717, 1.165) is 32.0 Å². The van der Waals surface area contributed by atoms with Crippen LogP contribution >= 0.6 is 0 Å². The van der Waals surface area contributed by atoms with Gasteiger partial charge >= 0.3 is 0 Å². The average Bonchev–Trinajstić information content (AvgIpc) is 2.89. The van der Waals surface area contributed by atoms with E-state index in [4.69, 9.17) is 0 Å². The molecular formula is C17H34N2O. The van der Waals surface area contributed by atoms with Gasteiger partial charge in [-0.05, 0) is 37.5 Å². The highest BCUT2D eigenvalue weighted by molar-refractivity contribution is 4.89. The molecule has 3 heteroatoms. The van der Waals surface area contributed by atoms with E-state index in [0.29, 0.717) is 17.9 Å². The molecule has 0 aromatic carbocycles. The molecule has 1 aliphatic heterocycles. The Hall–Kier alpha value is -0.120. The third kappa shape index (κ3) is 4.71. The molecule has 0 bridgehead atoms. The number of nitrogens with zero attached hydrogens (tertiary/aromatic N) is 1. The van der Waals surface area contributed by atoms with E-state index in [-0.39, 0.29) is 6.10 Å². The number of aliphatic hydroxyl groups is 1. The molecule has 1 heterocycles. The molecule has 2 rings (SSSR count). The van der Waals surface area contributed by atoms with Crippen molar-refractivity contribution in [2.45, 2.75) is 77.5 Å². The van der Waals surface area contributed by atoms with E-state index in [9.17, 15) is 5.11 Å². The van der Waals surface area contributed by atoms with Gasteiger partial charge in [-0.25, -0.2) is 0 Å². The molecule has 20 heavy (non-hydrogen) atoms. The van der Waals surface area contributed by atoms with Gasteiger partial charge in [-0.1, -0.05) is 33.6 Å². The van der Waals surface area contributed by atoms with Crippen LogP contribution in [0.25, 0.3) is 0 Å². The van der Waals surface area contributed by atoms with Crippen molar-refractivity contribution in [3.05, 3.63) is 0 Å². The molecule has 0 amide bonds. The Morgan fingerprint density at radius 2 is 1.85 bits per heavy atom. The summed E-state index contributed by atoms with van der Waals surface area (Å²) in [5, 5.41) is 14.1. The summed E-state index contributed by atoms with van der Waals surface area (Å²) in [6, 6.07) is 1.32. The standard InChI is InChI=1S/C17H34N2O/c1-4-17(20)14-9-16(18-15-7-5-6-8-15)12-19(11-14)10-13(2)3/h13-18,20H,4-12H2,1-3H3. The van der Waals surface area contributed by atoms with Crippen molar-refractivity contribution < 1.29 is 5.11 Å². The van der Waals surface area contributed by atoms with E-state index in [2.05, 4.69) is 31.0 Å². The van der Waals surface area contributed by atoms with Crippen molar-refractivity contribution in [1.82, 2.24) is 10.2 Å².